The van der Waals surface area contributed by atoms with E-state index in [0.29, 0.717) is 18.7 Å². The van der Waals surface area contributed by atoms with E-state index in [-0.39, 0.29) is 11.7 Å². The summed E-state index contributed by atoms with van der Waals surface area (Å²) in [4.78, 5) is 14.4. The lowest BCUT2D eigenvalue weighted by molar-refractivity contribution is -0.121. The summed E-state index contributed by atoms with van der Waals surface area (Å²) in [7, 11) is 0. The third kappa shape index (κ3) is 7.26. The number of morpholine rings is 1. The molecule has 1 fully saturated rings. The number of aromatic hydroxyl groups is 1. The van der Waals surface area contributed by atoms with Gasteiger partial charge in [0.1, 0.15) is 17.2 Å². The quantitative estimate of drug-likeness (QED) is 0.565. The lowest BCUT2D eigenvalue weighted by Gasteiger charge is -2.26. The lowest BCUT2D eigenvalue weighted by atomic mass is 10.00. The van der Waals surface area contributed by atoms with Crippen molar-refractivity contribution in [1.82, 2.24) is 10.2 Å². The van der Waals surface area contributed by atoms with Gasteiger partial charge in [0.25, 0.3) is 0 Å². The minimum absolute atomic E-state index is 0.120. The van der Waals surface area contributed by atoms with Gasteiger partial charge >= 0.3 is 0 Å². The number of ether oxygens (including phenoxy) is 2. The van der Waals surface area contributed by atoms with E-state index in [0.717, 1.165) is 69.0 Å². The van der Waals surface area contributed by atoms with Gasteiger partial charge in [0, 0.05) is 32.6 Å². The minimum atomic E-state index is 0.120. The number of carbonyl (C=O) groups excluding carboxylic acids is 1. The van der Waals surface area contributed by atoms with Gasteiger partial charge in [0.05, 0.1) is 13.2 Å². The number of aryl methyl sites for hydroxylation is 3. The molecule has 31 heavy (non-hydrogen) atoms. The number of nitrogens with one attached hydrogen (secondary N) is 1. The first-order valence-electron chi connectivity index (χ1n) is 11.2. The molecule has 6 nitrogen and oxygen atoms in total. The number of hydrogen-bond acceptors (Lipinski definition) is 5. The molecule has 0 aliphatic carbocycles. The fourth-order valence-corrected chi connectivity index (χ4v) is 3.81. The van der Waals surface area contributed by atoms with Crippen LogP contribution in [0, 0.1) is 6.92 Å². The molecule has 0 saturated carbocycles. The van der Waals surface area contributed by atoms with E-state index >= 15 is 0 Å². The first-order chi connectivity index (χ1) is 15.0. The van der Waals surface area contributed by atoms with Gasteiger partial charge in [-0.05, 0) is 67.1 Å². The Morgan fingerprint density at radius 3 is 2.65 bits per heavy atom. The van der Waals surface area contributed by atoms with Crippen LogP contribution in [0.1, 0.15) is 36.5 Å². The summed E-state index contributed by atoms with van der Waals surface area (Å²) in [5.41, 5.74) is 3.52. The molecule has 1 saturated heterocycles. The van der Waals surface area contributed by atoms with E-state index in [9.17, 15) is 9.90 Å². The Bertz CT molecular complexity index is 845. The highest BCUT2D eigenvalue weighted by molar-refractivity contribution is 5.76. The van der Waals surface area contributed by atoms with E-state index < -0.39 is 0 Å². The van der Waals surface area contributed by atoms with Crippen molar-refractivity contribution in [1.29, 1.82) is 0 Å². The average Bonchev–Trinajstić information content (AvgIpc) is 2.79. The molecule has 0 radical (unpaired) electrons. The van der Waals surface area contributed by atoms with Crippen molar-refractivity contribution in [2.75, 3.05) is 39.4 Å². The van der Waals surface area contributed by atoms with Crippen LogP contribution in [0.2, 0.25) is 0 Å². The molecule has 0 aromatic heterocycles. The topological polar surface area (TPSA) is 71.0 Å². The van der Waals surface area contributed by atoms with Crippen molar-refractivity contribution in [3.05, 3.63) is 53.1 Å². The molecular formula is C25H34N2O4. The van der Waals surface area contributed by atoms with Crippen molar-refractivity contribution < 1.29 is 19.4 Å². The van der Waals surface area contributed by atoms with E-state index in [1.807, 2.05) is 0 Å². The maximum atomic E-state index is 12.1. The van der Waals surface area contributed by atoms with E-state index in [2.05, 4.69) is 36.2 Å². The molecule has 0 atom stereocenters. The summed E-state index contributed by atoms with van der Waals surface area (Å²) >= 11 is 0. The molecule has 1 aliphatic heterocycles. The summed E-state index contributed by atoms with van der Waals surface area (Å²) in [6.07, 6.45) is 3.24. The Morgan fingerprint density at radius 1 is 1.19 bits per heavy atom. The van der Waals surface area contributed by atoms with Gasteiger partial charge in [0.2, 0.25) is 5.91 Å². The van der Waals surface area contributed by atoms with Crippen LogP contribution in [0.4, 0.5) is 0 Å². The third-order valence-electron chi connectivity index (χ3n) is 5.57. The molecular weight excluding hydrogens is 392 g/mol. The Hall–Kier alpha value is -2.57. The summed E-state index contributed by atoms with van der Waals surface area (Å²) < 4.78 is 11.4. The van der Waals surface area contributed by atoms with Crippen molar-refractivity contribution >= 4 is 5.91 Å². The SMILES string of the molecule is CCc1cc(CCCNC(=O)CCN2CCOCC2)cc(C)c1Oc1ccc(O)cc1. The van der Waals surface area contributed by atoms with Gasteiger partial charge in [0.15, 0.2) is 0 Å². The standard InChI is InChI=1S/C25H34N2O4/c1-3-21-18-20(17-19(2)25(21)31-23-8-6-22(28)7-9-23)5-4-11-26-24(29)10-12-27-13-15-30-16-14-27/h6-9,17-18,28H,3-5,10-16H2,1-2H3,(H,26,29). The van der Waals surface area contributed by atoms with Crippen LogP contribution in [-0.2, 0) is 22.4 Å². The number of hydrogen-bond donors (Lipinski definition) is 2. The second-order valence-corrected chi connectivity index (χ2v) is 8.01. The minimum Gasteiger partial charge on any atom is -0.508 e. The highest BCUT2D eigenvalue weighted by Gasteiger charge is 2.12. The fraction of sp³-hybridized carbons (Fsp3) is 0.480. The number of phenols is 1. The smallest absolute Gasteiger partial charge is 0.221 e. The number of rotatable bonds is 10. The third-order valence-corrected chi connectivity index (χ3v) is 5.57. The molecule has 0 spiro atoms. The Balaban J connectivity index is 1.46. The van der Waals surface area contributed by atoms with Crippen LogP contribution in [-0.4, -0.2) is 55.3 Å². The number of benzene rings is 2. The van der Waals surface area contributed by atoms with Crippen molar-refractivity contribution in [3.8, 4) is 17.2 Å². The van der Waals surface area contributed by atoms with Gasteiger partial charge in [-0.1, -0.05) is 19.1 Å². The predicted molar refractivity (Wildman–Crippen MR) is 122 cm³/mol. The van der Waals surface area contributed by atoms with Crippen molar-refractivity contribution in [3.63, 3.8) is 0 Å². The molecule has 1 aliphatic rings. The molecule has 2 aromatic rings. The predicted octanol–water partition coefficient (Wildman–Crippen LogP) is 3.83. The average molecular weight is 427 g/mol. The van der Waals surface area contributed by atoms with Crippen molar-refractivity contribution in [2.45, 2.75) is 39.5 Å². The summed E-state index contributed by atoms with van der Waals surface area (Å²) in [6, 6.07) is 11.1. The van der Waals surface area contributed by atoms with Crippen LogP contribution < -0.4 is 10.1 Å². The number of phenolic OH excluding ortho intramolecular Hbond substituents is 1. The Morgan fingerprint density at radius 2 is 1.94 bits per heavy atom. The van der Waals surface area contributed by atoms with Crippen LogP contribution in [0.5, 0.6) is 17.2 Å². The molecule has 2 aromatic carbocycles. The van der Waals surface area contributed by atoms with E-state index in [1.54, 1.807) is 24.3 Å². The van der Waals surface area contributed by atoms with Crippen LogP contribution >= 0.6 is 0 Å². The van der Waals surface area contributed by atoms with Gasteiger partial charge in [-0.3, -0.25) is 9.69 Å². The molecule has 0 unspecified atom stereocenters. The highest BCUT2D eigenvalue weighted by Crippen LogP contribution is 2.31. The Labute approximate surface area is 185 Å². The van der Waals surface area contributed by atoms with Gasteiger partial charge in [-0.15, -0.1) is 0 Å². The maximum absolute atomic E-state index is 12.1. The zero-order chi connectivity index (χ0) is 22.1. The molecule has 1 amide bonds. The van der Waals surface area contributed by atoms with E-state index in [4.69, 9.17) is 9.47 Å². The summed E-state index contributed by atoms with van der Waals surface area (Å²) in [6.45, 7) is 9.03. The Kier molecular flexibility index (Phi) is 8.74. The van der Waals surface area contributed by atoms with Crippen LogP contribution in [0.3, 0.4) is 0 Å². The van der Waals surface area contributed by atoms with Gasteiger partial charge in [-0.2, -0.15) is 0 Å². The summed E-state index contributed by atoms with van der Waals surface area (Å²) in [5, 5.41) is 12.5. The second-order valence-electron chi connectivity index (χ2n) is 8.01. The number of amides is 1. The highest BCUT2D eigenvalue weighted by atomic mass is 16.5. The second kappa shape index (κ2) is 11.7. The maximum Gasteiger partial charge on any atom is 0.221 e. The molecule has 1 heterocycles. The molecule has 3 rings (SSSR count). The molecule has 6 heteroatoms. The number of carbonyl (C=O) groups is 1. The number of nitrogens with zero attached hydrogens (tertiary/aromatic N) is 1. The van der Waals surface area contributed by atoms with Gasteiger partial charge in [-0.25, -0.2) is 0 Å². The lowest BCUT2D eigenvalue weighted by Crippen LogP contribution is -2.38. The first kappa shape index (κ1) is 23.1. The molecule has 2 N–H and O–H groups in total. The van der Waals surface area contributed by atoms with Crippen molar-refractivity contribution in [2.24, 2.45) is 0 Å². The molecule has 0 bridgehead atoms. The normalized spacial score (nSPS) is 14.4. The largest absolute Gasteiger partial charge is 0.508 e. The van der Waals surface area contributed by atoms with E-state index in [1.165, 1.54) is 5.56 Å². The fourth-order valence-electron chi connectivity index (χ4n) is 3.81. The summed E-state index contributed by atoms with van der Waals surface area (Å²) in [5.74, 6) is 1.94. The zero-order valence-electron chi connectivity index (χ0n) is 18.7. The molecule has 168 valence electrons. The van der Waals surface area contributed by atoms with Crippen LogP contribution in [0.25, 0.3) is 0 Å². The van der Waals surface area contributed by atoms with Crippen LogP contribution in [0.15, 0.2) is 36.4 Å². The first-order valence-corrected chi connectivity index (χ1v) is 11.2. The monoisotopic (exact) mass is 426 g/mol. The zero-order valence-corrected chi connectivity index (χ0v) is 18.7. The van der Waals surface area contributed by atoms with Gasteiger partial charge < -0.3 is 19.9 Å².